The molecule has 0 bridgehead atoms. The Balaban J connectivity index is 2.11. The highest BCUT2D eigenvalue weighted by molar-refractivity contribution is 5.38. The van der Waals surface area contributed by atoms with Crippen LogP contribution in [0.25, 0.3) is 0 Å². The molecule has 0 aromatic carbocycles. The highest BCUT2D eigenvalue weighted by Crippen LogP contribution is 2.28. The van der Waals surface area contributed by atoms with E-state index in [4.69, 9.17) is 10.7 Å². The van der Waals surface area contributed by atoms with Gasteiger partial charge >= 0.3 is 0 Å². The lowest BCUT2D eigenvalue weighted by atomic mass is 9.86. The maximum Gasteiger partial charge on any atom is 0.126 e. The average molecular weight is 249 g/mol. The summed E-state index contributed by atoms with van der Waals surface area (Å²) in [6.45, 7) is 5.37. The summed E-state index contributed by atoms with van der Waals surface area (Å²) >= 11 is 0. The van der Waals surface area contributed by atoms with Crippen molar-refractivity contribution in [1.29, 1.82) is 0 Å². The first-order valence-electron chi connectivity index (χ1n) is 7.60. The molecule has 1 heterocycles. The SMILES string of the molecule is CCCn1c(CC)nc(CC2CCCCC2)c1N. The molecule has 3 nitrogen and oxygen atoms in total. The van der Waals surface area contributed by atoms with E-state index in [1.54, 1.807) is 0 Å². The summed E-state index contributed by atoms with van der Waals surface area (Å²) in [5, 5.41) is 0. The molecule has 0 radical (unpaired) electrons. The molecule has 1 aromatic rings. The fourth-order valence-corrected chi connectivity index (χ4v) is 3.13. The van der Waals surface area contributed by atoms with Crippen LogP contribution in [-0.2, 0) is 19.4 Å². The predicted octanol–water partition coefficient (Wildman–Crippen LogP) is 3.56. The first-order chi connectivity index (χ1) is 8.76. The lowest BCUT2D eigenvalue weighted by molar-refractivity contribution is 0.355. The van der Waals surface area contributed by atoms with Crippen molar-refractivity contribution >= 4 is 5.82 Å². The molecular weight excluding hydrogens is 222 g/mol. The van der Waals surface area contributed by atoms with Crippen molar-refractivity contribution in [2.24, 2.45) is 5.92 Å². The van der Waals surface area contributed by atoms with Crippen molar-refractivity contribution < 1.29 is 0 Å². The van der Waals surface area contributed by atoms with Gasteiger partial charge in [-0.3, -0.25) is 0 Å². The molecule has 1 aliphatic rings. The molecule has 1 aromatic heterocycles. The summed E-state index contributed by atoms with van der Waals surface area (Å²) in [6.07, 6.45) is 10.1. The number of aromatic nitrogens is 2. The van der Waals surface area contributed by atoms with E-state index in [1.807, 2.05) is 0 Å². The first-order valence-corrected chi connectivity index (χ1v) is 7.60. The summed E-state index contributed by atoms with van der Waals surface area (Å²) in [6, 6.07) is 0. The smallest absolute Gasteiger partial charge is 0.126 e. The molecule has 1 saturated carbocycles. The molecule has 0 amide bonds. The van der Waals surface area contributed by atoms with Crippen molar-refractivity contribution in [1.82, 2.24) is 9.55 Å². The Bertz CT molecular complexity index is 375. The van der Waals surface area contributed by atoms with Crippen molar-refractivity contribution in [2.75, 3.05) is 5.73 Å². The van der Waals surface area contributed by atoms with Gasteiger partial charge in [-0.2, -0.15) is 0 Å². The van der Waals surface area contributed by atoms with Crippen molar-refractivity contribution in [2.45, 2.75) is 71.8 Å². The van der Waals surface area contributed by atoms with E-state index < -0.39 is 0 Å². The van der Waals surface area contributed by atoms with Crippen LogP contribution in [0.3, 0.4) is 0 Å². The Morgan fingerprint density at radius 3 is 2.56 bits per heavy atom. The fraction of sp³-hybridized carbons (Fsp3) is 0.800. The molecule has 18 heavy (non-hydrogen) atoms. The fourth-order valence-electron chi connectivity index (χ4n) is 3.13. The minimum Gasteiger partial charge on any atom is -0.384 e. The van der Waals surface area contributed by atoms with Crippen molar-refractivity contribution in [3.05, 3.63) is 11.5 Å². The van der Waals surface area contributed by atoms with Gasteiger partial charge < -0.3 is 10.3 Å². The van der Waals surface area contributed by atoms with Crippen LogP contribution >= 0.6 is 0 Å². The third-order valence-electron chi connectivity index (χ3n) is 4.13. The standard InChI is InChI=1S/C15H27N3/c1-3-10-18-14(4-2)17-13(15(18)16)11-12-8-6-5-7-9-12/h12H,3-11,16H2,1-2H3. The Labute approximate surface area is 111 Å². The van der Waals surface area contributed by atoms with Gasteiger partial charge in [0, 0.05) is 13.0 Å². The van der Waals surface area contributed by atoms with Gasteiger partial charge in [0.05, 0.1) is 5.69 Å². The number of anilines is 1. The summed E-state index contributed by atoms with van der Waals surface area (Å²) in [7, 11) is 0. The van der Waals surface area contributed by atoms with Gasteiger partial charge in [0.2, 0.25) is 0 Å². The summed E-state index contributed by atoms with van der Waals surface area (Å²) in [5.74, 6) is 2.91. The molecule has 1 fully saturated rings. The highest BCUT2D eigenvalue weighted by atomic mass is 15.1. The van der Waals surface area contributed by atoms with E-state index in [2.05, 4.69) is 18.4 Å². The van der Waals surface area contributed by atoms with Gasteiger partial charge in [-0.1, -0.05) is 46.0 Å². The molecule has 0 saturated heterocycles. The van der Waals surface area contributed by atoms with E-state index in [9.17, 15) is 0 Å². The van der Waals surface area contributed by atoms with Gasteiger partial charge in [0.25, 0.3) is 0 Å². The van der Waals surface area contributed by atoms with Crippen LogP contribution in [0.5, 0.6) is 0 Å². The monoisotopic (exact) mass is 249 g/mol. The molecule has 0 atom stereocenters. The third kappa shape index (κ3) is 2.88. The second-order valence-corrected chi connectivity index (χ2v) is 5.57. The minimum atomic E-state index is 0.815. The van der Waals surface area contributed by atoms with Crippen LogP contribution in [0.1, 0.15) is 63.9 Å². The second kappa shape index (κ2) is 6.26. The second-order valence-electron chi connectivity index (χ2n) is 5.57. The minimum absolute atomic E-state index is 0.815. The number of hydrogen-bond donors (Lipinski definition) is 1. The third-order valence-corrected chi connectivity index (χ3v) is 4.13. The maximum absolute atomic E-state index is 6.28. The zero-order valence-electron chi connectivity index (χ0n) is 11.9. The molecule has 0 aliphatic heterocycles. The van der Waals surface area contributed by atoms with Gasteiger partial charge in [-0.05, 0) is 18.8 Å². The zero-order chi connectivity index (χ0) is 13.0. The molecule has 1 aliphatic carbocycles. The van der Waals surface area contributed by atoms with E-state index >= 15 is 0 Å². The molecular formula is C15H27N3. The van der Waals surface area contributed by atoms with Crippen LogP contribution in [0.2, 0.25) is 0 Å². The molecule has 2 rings (SSSR count). The van der Waals surface area contributed by atoms with Crippen LogP contribution in [0, 0.1) is 5.92 Å². The van der Waals surface area contributed by atoms with E-state index in [1.165, 1.54) is 37.9 Å². The molecule has 3 heteroatoms. The Morgan fingerprint density at radius 1 is 1.22 bits per heavy atom. The molecule has 0 unspecified atom stereocenters. The number of aryl methyl sites for hydroxylation is 1. The van der Waals surface area contributed by atoms with Gasteiger partial charge in [-0.25, -0.2) is 4.98 Å². The zero-order valence-corrected chi connectivity index (χ0v) is 11.9. The van der Waals surface area contributed by atoms with Gasteiger partial charge in [0.15, 0.2) is 0 Å². The predicted molar refractivity (Wildman–Crippen MR) is 76.6 cm³/mol. The number of nitrogen functional groups attached to an aromatic ring is 1. The molecule has 102 valence electrons. The van der Waals surface area contributed by atoms with Crippen molar-refractivity contribution in [3.63, 3.8) is 0 Å². The van der Waals surface area contributed by atoms with Gasteiger partial charge in [0.1, 0.15) is 11.6 Å². The van der Waals surface area contributed by atoms with Crippen LogP contribution < -0.4 is 5.73 Å². The van der Waals surface area contributed by atoms with Crippen molar-refractivity contribution in [3.8, 4) is 0 Å². The Hall–Kier alpha value is -0.990. The maximum atomic E-state index is 6.28. The first kappa shape index (κ1) is 13.4. The molecule has 0 spiro atoms. The number of hydrogen-bond acceptors (Lipinski definition) is 2. The van der Waals surface area contributed by atoms with Crippen LogP contribution in [0.4, 0.5) is 5.82 Å². The van der Waals surface area contributed by atoms with E-state index in [0.29, 0.717) is 0 Å². The lowest BCUT2D eigenvalue weighted by Crippen LogP contribution is -2.11. The Morgan fingerprint density at radius 2 is 1.94 bits per heavy atom. The normalized spacial score (nSPS) is 17.2. The van der Waals surface area contributed by atoms with E-state index in [-0.39, 0.29) is 0 Å². The Kier molecular flexibility index (Phi) is 4.67. The summed E-state index contributed by atoms with van der Waals surface area (Å²) in [4.78, 5) is 4.78. The lowest BCUT2D eigenvalue weighted by Gasteiger charge is -2.20. The number of nitrogens with two attached hydrogens (primary N) is 1. The summed E-state index contributed by atoms with van der Waals surface area (Å²) < 4.78 is 2.22. The van der Waals surface area contributed by atoms with Crippen LogP contribution in [-0.4, -0.2) is 9.55 Å². The number of rotatable bonds is 5. The topological polar surface area (TPSA) is 43.8 Å². The van der Waals surface area contributed by atoms with Gasteiger partial charge in [-0.15, -0.1) is 0 Å². The average Bonchev–Trinajstić information content (AvgIpc) is 2.69. The number of nitrogens with zero attached hydrogens (tertiary/aromatic N) is 2. The number of imidazole rings is 1. The van der Waals surface area contributed by atoms with E-state index in [0.717, 1.165) is 43.2 Å². The largest absolute Gasteiger partial charge is 0.384 e. The summed E-state index contributed by atoms with van der Waals surface area (Å²) in [5.41, 5.74) is 7.44. The quantitative estimate of drug-likeness (QED) is 0.867. The highest BCUT2D eigenvalue weighted by Gasteiger charge is 2.19. The molecule has 2 N–H and O–H groups in total. The van der Waals surface area contributed by atoms with Crippen LogP contribution in [0.15, 0.2) is 0 Å².